The van der Waals surface area contributed by atoms with E-state index < -0.39 is 5.91 Å². The summed E-state index contributed by atoms with van der Waals surface area (Å²) in [5.41, 5.74) is 2.18. The smallest absolute Gasteiger partial charge is 0.326 e. The van der Waals surface area contributed by atoms with Crippen molar-refractivity contribution in [2.24, 2.45) is 4.99 Å². The minimum Gasteiger partial charge on any atom is -0.493 e. The first-order valence-electron chi connectivity index (χ1n) is 9.04. The van der Waals surface area contributed by atoms with Crippen LogP contribution in [0.25, 0.3) is 10.2 Å². The average Bonchev–Trinajstić information content (AvgIpc) is 3.03. The zero-order valence-corrected chi connectivity index (χ0v) is 17.5. The molecule has 7 nitrogen and oxygen atoms in total. The minimum absolute atomic E-state index is 0.0295. The van der Waals surface area contributed by atoms with Crippen LogP contribution < -0.4 is 14.3 Å². The predicted octanol–water partition coefficient (Wildman–Crippen LogP) is 3.33. The van der Waals surface area contributed by atoms with Gasteiger partial charge in [-0.2, -0.15) is 4.99 Å². The SMILES string of the molecule is CCOC(=O)Cn1c(=NC(=O)c2cccc(OC)c2OC)sc2cc(C)ccc21. The fourth-order valence-electron chi connectivity index (χ4n) is 2.96. The second kappa shape index (κ2) is 8.91. The van der Waals surface area contributed by atoms with Crippen molar-refractivity contribution in [2.45, 2.75) is 20.4 Å². The highest BCUT2D eigenvalue weighted by Crippen LogP contribution is 2.31. The highest BCUT2D eigenvalue weighted by atomic mass is 32.1. The molecule has 152 valence electrons. The van der Waals surface area contributed by atoms with Crippen LogP contribution in [0.4, 0.5) is 0 Å². The lowest BCUT2D eigenvalue weighted by molar-refractivity contribution is -0.143. The molecule has 0 saturated heterocycles. The number of aromatic nitrogens is 1. The lowest BCUT2D eigenvalue weighted by Gasteiger charge is -2.10. The molecule has 0 aliphatic rings. The lowest BCUT2D eigenvalue weighted by atomic mass is 10.2. The molecule has 1 amide bonds. The molecule has 0 fully saturated rings. The Morgan fingerprint density at radius 2 is 1.93 bits per heavy atom. The number of carbonyl (C=O) groups excluding carboxylic acids is 2. The molecular formula is C21H22N2O5S. The Labute approximate surface area is 172 Å². The number of carbonyl (C=O) groups is 2. The Bertz CT molecular complexity index is 1130. The van der Waals surface area contributed by atoms with E-state index in [1.807, 2.05) is 25.1 Å². The maximum atomic E-state index is 12.9. The van der Waals surface area contributed by atoms with E-state index in [0.29, 0.717) is 16.3 Å². The number of hydrogen-bond donors (Lipinski definition) is 0. The maximum absolute atomic E-state index is 12.9. The molecule has 2 aromatic carbocycles. The van der Waals surface area contributed by atoms with Crippen LogP contribution in [0.15, 0.2) is 41.4 Å². The van der Waals surface area contributed by atoms with Gasteiger partial charge in [-0.3, -0.25) is 9.59 Å². The van der Waals surface area contributed by atoms with E-state index in [1.165, 1.54) is 25.6 Å². The zero-order valence-electron chi connectivity index (χ0n) is 16.7. The van der Waals surface area contributed by atoms with E-state index in [9.17, 15) is 9.59 Å². The van der Waals surface area contributed by atoms with Gasteiger partial charge in [-0.05, 0) is 43.7 Å². The number of fused-ring (bicyclic) bond motifs is 1. The number of rotatable bonds is 6. The number of thiazole rings is 1. The van der Waals surface area contributed by atoms with Gasteiger partial charge in [0.1, 0.15) is 6.54 Å². The maximum Gasteiger partial charge on any atom is 0.326 e. The van der Waals surface area contributed by atoms with Crippen LogP contribution in [0.3, 0.4) is 0 Å². The molecule has 0 aliphatic carbocycles. The molecule has 0 saturated carbocycles. The van der Waals surface area contributed by atoms with Crippen molar-refractivity contribution in [3.8, 4) is 11.5 Å². The number of hydrogen-bond acceptors (Lipinski definition) is 6. The molecule has 1 heterocycles. The molecule has 0 N–H and O–H groups in total. The molecule has 3 rings (SSSR count). The standard InChI is InChI=1S/C21H22N2O5S/c1-5-28-18(24)12-23-15-10-9-13(2)11-17(15)29-21(23)22-20(25)14-7-6-8-16(26-3)19(14)27-4/h6-11H,5,12H2,1-4H3. The third-order valence-corrected chi connectivity index (χ3v) is 5.30. The van der Waals surface area contributed by atoms with E-state index >= 15 is 0 Å². The Morgan fingerprint density at radius 3 is 2.62 bits per heavy atom. The van der Waals surface area contributed by atoms with Gasteiger partial charge in [0.05, 0.1) is 36.6 Å². The highest BCUT2D eigenvalue weighted by molar-refractivity contribution is 7.16. The monoisotopic (exact) mass is 414 g/mol. The number of esters is 1. The number of para-hydroxylation sites is 1. The van der Waals surface area contributed by atoms with Crippen molar-refractivity contribution in [2.75, 3.05) is 20.8 Å². The first-order chi connectivity index (χ1) is 14.0. The summed E-state index contributed by atoms with van der Waals surface area (Å²) in [4.78, 5) is 29.8. The topological polar surface area (TPSA) is 79.1 Å². The van der Waals surface area contributed by atoms with Crippen molar-refractivity contribution < 1.29 is 23.8 Å². The van der Waals surface area contributed by atoms with E-state index in [4.69, 9.17) is 14.2 Å². The predicted molar refractivity (Wildman–Crippen MR) is 111 cm³/mol. The van der Waals surface area contributed by atoms with E-state index in [1.54, 1.807) is 29.7 Å². The van der Waals surface area contributed by atoms with Gasteiger partial charge in [0, 0.05) is 0 Å². The quantitative estimate of drug-likeness (QED) is 0.578. The normalized spacial score (nSPS) is 11.5. The van der Waals surface area contributed by atoms with E-state index in [-0.39, 0.29) is 24.7 Å². The molecule has 1 aromatic heterocycles. The number of methoxy groups -OCH3 is 2. The Hall–Kier alpha value is -3.13. The second-order valence-corrected chi connectivity index (χ2v) is 7.21. The van der Waals surface area contributed by atoms with Crippen LogP contribution in [-0.2, 0) is 16.1 Å². The van der Waals surface area contributed by atoms with E-state index in [2.05, 4.69) is 4.99 Å². The zero-order chi connectivity index (χ0) is 21.0. The fraction of sp³-hybridized carbons (Fsp3) is 0.286. The van der Waals surface area contributed by atoms with Gasteiger partial charge >= 0.3 is 5.97 Å². The van der Waals surface area contributed by atoms with Crippen LogP contribution in [-0.4, -0.2) is 37.3 Å². The van der Waals surface area contributed by atoms with Crippen molar-refractivity contribution in [1.82, 2.24) is 4.57 Å². The lowest BCUT2D eigenvalue weighted by Crippen LogP contribution is -2.23. The van der Waals surface area contributed by atoms with Gasteiger partial charge in [0.25, 0.3) is 5.91 Å². The molecule has 0 aliphatic heterocycles. The summed E-state index contributed by atoms with van der Waals surface area (Å²) in [5.74, 6) is -0.111. The van der Waals surface area contributed by atoms with Gasteiger partial charge in [-0.15, -0.1) is 0 Å². The van der Waals surface area contributed by atoms with Crippen molar-refractivity contribution >= 4 is 33.4 Å². The summed E-state index contributed by atoms with van der Waals surface area (Å²) < 4.78 is 18.3. The third-order valence-electron chi connectivity index (χ3n) is 4.26. The number of amides is 1. The second-order valence-electron chi connectivity index (χ2n) is 6.21. The summed E-state index contributed by atoms with van der Waals surface area (Å²) in [6.45, 7) is 3.99. The third kappa shape index (κ3) is 4.32. The number of nitrogens with zero attached hydrogens (tertiary/aromatic N) is 2. The number of aryl methyl sites for hydroxylation is 1. The molecule has 0 spiro atoms. The first kappa shape index (κ1) is 20.6. The van der Waals surface area contributed by atoms with Gasteiger partial charge in [-0.1, -0.05) is 23.5 Å². The first-order valence-corrected chi connectivity index (χ1v) is 9.85. The Kier molecular flexibility index (Phi) is 6.33. The minimum atomic E-state index is -0.485. The highest BCUT2D eigenvalue weighted by Gasteiger charge is 2.17. The molecule has 0 radical (unpaired) electrons. The number of benzene rings is 2. The molecular weight excluding hydrogens is 392 g/mol. The van der Waals surface area contributed by atoms with Gasteiger partial charge in [-0.25, -0.2) is 0 Å². The van der Waals surface area contributed by atoms with Gasteiger partial charge in [0.15, 0.2) is 16.3 Å². The van der Waals surface area contributed by atoms with Crippen LogP contribution in [0, 0.1) is 6.92 Å². The van der Waals surface area contributed by atoms with Crippen molar-refractivity contribution in [1.29, 1.82) is 0 Å². The average molecular weight is 414 g/mol. The largest absolute Gasteiger partial charge is 0.493 e. The summed E-state index contributed by atoms with van der Waals surface area (Å²) in [6.07, 6.45) is 0. The number of ether oxygens (including phenoxy) is 3. The summed E-state index contributed by atoms with van der Waals surface area (Å²) in [6, 6.07) is 10.9. The Morgan fingerprint density at radius 1 is 1.14 bits per heavy atom. The van der Waals surface area contributed by atoms with Gasteiger partial charge in [0.2, 0.25) is 0 Å². The van der Waals surface area contributed by atoms with Crippen LogP contribution >= 0.6 is 11.3 Å². The van der Waals surface area contributed by atoms with Gasteiger partial charge < -0.3 is 18.8 Å². The molecule has 8 heteroatoms. The molecule has 29 heavy (non-hydrogen) atoms. The van der Waals surface area contributed by atoms with Crippen LogP contribution in [0.1, 0.15) is 22.8 Å². The Balaban J connectivity index is 2.14. The van der Waals surface area contributed by atoms with Crippen molar-refractivity contribution in [3.05, 3.63) is 52.3 Å². The molecule has 0 bridgehead atoms. The van der Waals surface area contributed by atoms with Crippen molar-refractivity contribution in [3.63, 3.8) is 0 Å². The summed E-state index contributed by atoms with van der Waals surface area (Å²) in [7, 11) is 2.97. The summed E-state index contributed by atoms with van der Waals surface area (Å²) in [5, 5.41) is 0. The fourth-order valence-corrected chi connectivity index (χ4v) is 4.08. The molecule has 0 atom stereocenters. The van der Waals surface area contributed by atoms with E-state index in [0.717, 1.165) is 15.8 Å². The molecule has 0 unspecified atom stereocenters. The molecule has 3 aromatic rings. The van der Waals surface area contributed by atoms with Crippen LogP contribution in [0.2, 0.25) is 0 Å². The summed E-state index contributed by atoms with van der Waals surface area (Å²) >= 11 is 1.34. The van der Waals surface area contributed by atoms with Crippen LogP contribution in [0.5, 0.6) is 11.5 Å².